The van der Waals surface area contributed by atoms with Crippen LogP contribution in [0.25, 0.3) is 5.57 Å². The summed E-state index contributed by atoms with van der Waals surface area (Å²) in [5.74, 6) is 0.821. The van der Waals surface area contributed by atoms with E-state index in [0.717, 1.165) is 42.5 Å². The number of aromatic nitrogens is 1. The summed E-state index contributed by atoms with van der Waals surface area (Å²) in [6.45, 7) is 7.88. The quantitative estimate of drug-likeness (QED) is 0.327. The van der Waals surface area contributed by atoms with Crippen LogP contribution in [-0.2, 0) is 11.3 Å². The highest BCUT2D eigenvalue weighted by Gasteiger charge is 2.34. The van der Waals surface area contributed by atoms with Gasteiger partial charge in [-0.2, -0.15) is 0 Å². The third-order valence-electron chi connectivity index (χ3n) is 6.76. The van der Waals surface area contributed by atoms with Gasteiger partial charge in [0.25, 0.3) is 5.91 Å². The van der Waals surface area contributed by atoms with Gasteiger partial charge < -0.3 is 31.7 Å². The minimum absolute atomic E-state index is 0.106. The third kappa shape index (κ3) is 6.68. The average molecular weight is 534 g/mol. The zero-order chi connectivity index (χ0) is 28.2. The minimum atomic E-state index is -0.591. The molecule has 0 radical (unpaired) electrons. The van der Waals surface area contributed by atoms with E-state index in [-0.39, 0.29) is 18.0 Å². The number of aryl methyl sites for hydroxylation is 1. The van der Waals surface area contributed by atoms with Gasteiger partial charge in [0.2, 0.25) is 0 Å². The van der Waals surface area contributed by atoms with Gasteiger partial charge in [-0.25, -0.2) is 9.78 Å². The van der Waals surface area contributed by atoms with Gasteiger partial charge in [-0.15, -0.1) is 0 Å². The van der Waals surface area contributed by atoms with Crippen molar-refractivity contribution in [2.24, 2.45) is 10.7 Å². The highest BCUT2D eigenvalue weighted by Crippen LogP contribution is 2.37. The van der Waals surface area contributed by atoms with Crippen LogP contribution in [0.15, 0.2) is 35.5 Å². The number of aliphatic imine (C=N–C) groups is 1. The van der Waals surface area contributed by atoms with E-state index in [4.69, 9.17) is 15.5 Å². The molecule has 0 spiro atoms. The Morgan fingerprint density at radius 2 is 1.95 bits per heavy atom. The SMILES string of the molecule is CN=CC(=CN)c1c(NC2CCCCC2NC(=O)OC(C)(C)C)nc(Nc2cccc(C)c2)c2c1CNC2=O. The minimum Gasteiger partial charge on any atom is -0.444 e. The van der Waals surface area contributed by atoms with E-state index in [2.05, 4.69) is 26.3 Å². The summed E-state index contributed by atoms with van der Waals surface area (Å²) >= 11 is 0. The van der Waals surface area contributed by atoms with Crippen LogP contribution in [0, 0.1) is 6.92 Å². The van der Waals surface area contributed by atoms with E-state index in [1.807, 2.05) is 52.0 Å². The van der Waals surface area contributed by atoms with E-state index in [0.29, 0.717) is 34.9 Å². The van der Waals surface area contributed by atoms with Gasteiger partial charge in [-0.3, -0.25) is 9.79 Å². The summed E-state index contributed by atoms with van der Waals surface area (Å²) < 4.78 is 5.53. The second-order valence-corrected chi connectivity index (χ2v) is 11.0. The number of pyridine rings is 1. The van der Waals surface area contributed by atoms with E-state index < -0.39 is 11.7 Å². The second-order valence-electron chi connectivity index (χ2n) is 11.0. The number of fused-ring (bicyclic) bond motifs is 1. The molecule has 1 aromatic heterocycles. The van der Waals surface area contributed by atoms with E-state index in [1.165, 1.54) is 6.20 Å². The maximum absolute atomic E-state index is 13.0. The Labute approximate surface area is 229 Å². The molecule has 2 atom stereocenters. The summed E-state index contributed by atoms with van der Waals surface area (Å²) in [5, 5.41) is 13.0. The Balaban J connectivity index is 1.76. The maximum atomic E-state index is 13.0. The van der Waals surface area contributed by atoms with Crippen molar-refractivity contribution in [3.63, 3.8) is 0 Å². The number of nitrogens with one attached hydrogen (secondary N) is 4. The fourth-order valence-corrected chi connectivity index (χ4v) is 5.12. The summed E-state index contributed by atoms with van der Waals surface area (Å²) in [6, 6.07) is 7.63. The molecule has 10 nitrogen and oxygen atoms in total. The van der Waals surface area contributed by atoms with Crippen molar-refractivity contribution >= 4 is 41.1 Å². The Hall–Kier alpha value is -4.08. The normalized spacial score (nSPS) is 19.4. The Morgan fingerprint density at radius 1 is 1.21 bits per heavy atom. The van der Waals surface area contributed by atoms with Gasteiger partial charge in [-0.1, -0.05) is 25.0 Å². The molecular weight excluding hydrogens is 494 g/mol. The number of nitrogens with two attached hydrogens (primary N) is 1. The van der Waals surface area contributed by atoms with E-state index >= 15 is 0 Å². The largest absolute Gasteiger partial charge is 0.444 e. The number of anilines is 3. The van der Waals surface area contributed by atoms with Gasteiger partial charge in [0, 0.05) is 48.9 Å². The van der Waals surface area contributed by atoms with Gasteiger partial charge in [-0.05, 0) is 63.8 Å². The number of alkyl carbamates (subject to hydrolysis) is 1. The molecule has 208 valence electrons. The van der Waals surface area contributed by atoms with Crippen molar-refractivity contribution in [2.45, 2.75) is 77.6 Å². The van der Waals surface area contributed by atoms with Crippen molar-refractivity contribution in [3.8, 4) is 0 Å². The van der Waals surface area contributed by atoms with Gasteiger partial charge in [0.05, 0.1) is 11.6 Å². The highest BCUT2D eigenvalue weighted by atomic mass is 16.6. The topological polar surface area (TPSA) is 143 Å². The number of carbonyl (C=O) groups is 2. The van der Waals surface area contributed by atoms with Crippen molar-refractivity contribution in [1.29, 1.82) is 0 Å². The molecule has 4 rings (SSSR count). The predicted molar refractivity (Wildman–Crippen MR) is 155 cm³/mol. The van der Waals surface area contributed by atoms with Crippen LogP contribution >= 0.6 is 0 Å². The molecule has 2 heterocycles. The van der Waals surface area contributed by atoms with Crippen LogP contribution in [0.5, 0.6) is 0 Å². The van der Waals surface area contributed by atoms with Crippen LogP contribution in [0.1, 0.15) is 73.5 Å². The number of ether oxygens (including phenoxy) is 1. The van der Waals surface area contributed by atoms with Crippen molar-refractivity contribution in [2.75, 3.05) is 17.7 Å². The lowest BCUT2D eigenvalue weighted by atomic mass is 9.89. The molecule has 39 heavy (non-hydrogen) atoms. The lowest BCUT2D eigenvalue weighted by molar-refractivity contribution is 0.0488. The molecule has 1 fully saturated rings. The molecule has 2 amide bonds. The lowest BCUT2D eigenvalue weighted by Crippen LogP contribution is -2.50. The molecule has 6 N–H and O–H groups in total. The molecule has 1 aliphatic carbocycles. The number of carbonyl (C=O) groups excluding carboxylic acids is 2. The molecule has 2 aromatic rings. The zero-order valence-corrected chi connectivity index (χ0v) is 23.4. The van der Waals surface area contributed by atoms with E-state index in [9.17, 15) is 9.59 Å². The molecule has 0 bridgehead atoms. The molecule has 0 saturated heterocycles. The second kappa shape index (κ2) is 11.8. The van der Waals surface area contributed by atoms with Crippen LogP contribution in [0.3, 0.4) is 0 Å². The lowest BCUT2D eigenvalue weighted by Gasteiger charge is -2.34. The first-order chi connectivity index (χ1) is 18.6. The molecule has 2 unspecified atom stereocenters. The smallest absolute Gasteiger partial charge is 0.407 e. The number of hydrogen-bond acceptors (Lipinski definition) is 8. The number of amides is 2. The predicted octanol–water partition coefficient (Wildman–Crippen LogP) is 4.63. The summed E-state index contributed by atoms with van der Waals surface area (Å²) in [4.78, 5) is 34.8. The van der Waals surface area contributed by atoms with Crippen LogP contribution in [-0.4, -0.2) is 47.9 Å². The Kier molecular flexibility index (Phi) is 8.42. The average Bonchev–Trinajstić information content (AvgIpc) is 3.25. The Bertz CT molecular complexity index is 1300. The van der Waals surface area contributed by atoms with Crippen molar-refractivity contribution in [3.05, 3.63) is 52.7 Å². The maximum Gasteiger partial charge on any atom is 0.407 e. The monoisotopic (exact) mass is 533 g/mol. The summed E-state index contributed by atoms with van der Waals surface area (Å²) in [5.41, 5.74) is 10.0. The van der Waals surface area contributed by atoms with Crippen molar-refractivity contribution in [1.82, 2.24) is 15.6 Å². The first-order valence-electron chi connectivity index (χ1n) is 13.4. The third-order valence-corrected chi connectivity index (χ3v) is 6.76. The van der Waals surface area contributed by atoms with Crippen LogP contribution in [0.2, 0.25) is 0 Å². The first-order valence-corrected chi connectivity index (χ1v) is 13.4. The first kappa shape index (κ1) is 27.9. The van der Waals surface area contributed by atoms with Crippen molar-refractivity contribution < 1.29 is 14.3 Å². The number of hydrogen-bond donors (Lipinski definition) is 5. The number of allylic oxidation sites excluding steroid dienone is 1. The zero-order valence-electron chi connectivity index (χ0n) is 23.4. The number of rotatable bonds is 7. The summed E-state index contributed by atoms with van der Waals surface area (Å²) in [7, 11) is 1.67. The molecule has 1 saturated carbocycles. The molecule has 10 heteroatoms. The number of benzene rings is 1. The highest BCUT2D eigenvalue weighted by molar-refractivity contribution is 6.15. The van der Waals surface area contributed by atoms with Gasteiger partial charge in [0.1, 0.15) is 17.2 Å². The standard InChI is InChI=1S/C29H39N7O3/c1-17-9-8-10-19(13-17)33-26-24-20(16-32-27(24)37)23(18(14-30)15-31-5)25(36-26)34-21-11-6-7-12-22(21)35-28(38)39-29(2,3)4/h8-10,13-15,21-22H,6-7,11-12,16,30H2,1-5H3,(H,32,37)(H,35,38)(H2,33,34,36). The van der Waals surface area contributed by atoms with E-state index in [1.54, 1.807) is 13.3 Å². The van der Waals surface area contributed by atoms with Crippen LogP contribution < -0.4 is 27.0 Å². The molecule has 1 aliphatic heterocycles. The van der Waals surface area contributed by atoms with Gasteiger partial charge in [0.15, 0.2) is 0 Å². The molecule has 2 aliphatic rings. The Morgan fingerprint density at radius 3 is 2.62 bits per heavy atom. The van der Waals surface area contributed by atoms with Gasteiger partial charge >= 0.3 is 6.09 Å². The number of nitrogens with zero attached hydrogens (tertiary/aromatic N) is 2. The fraction of sp³-hybridized carbons (Fsp3) is 0.448. The molecule has 1 aromatic carbocycles. The fourth-order valence-electron chi connectivity index (χ4n) is 5.12. The van der Waals surface area contributed by atoms with Crippen LogP contribution in [0.4, 0.5) is 22.1 Å². The molecular formula is C29H39N7O3. The summed E-state index contributed by atoms with van der Waals surface area (Å²) in [6.07, 6.45) is 6.34.